The van der Waals surface area contributed by atoms with Gasteiger partial charge in [0.1, 0.15) is 5.75 Å². The van der Waals surface area contributed by atoms with Gasteiger partial charge in [-0.2, -0.15) is 0 Å². The van der Waals surface area contributed by atoms with Crippen LogP contribution < -0.4 is 14.8 Å². The second-order valence-electron chi connectivity index (χ2n) is 7.66. The summed E-state index contributed by atoms with van der Waals surface area (Å²) in [7, 11) is -3.75. The van der Waals surface area contributed by atoms with E-state index >= 15 is 0 Å². The summed E-state index contributed by atoms with van der Waals surface area (Å²) in [6.07, 6.45) is 0.0911. The molecule has 0 heterocycles. The van der Waals surface area contributed by atoms with Crippen LogP contribution in [0.3, 0.4) is 0 Å². The number of carbonyl (C=O) groups is 1. The lowest BCUT2D eigenvalue weighted by atomic mass is 10.1. The van der Waals surface area contributed by atoms with Crippen molar-refractivity contribution < 1.29 is 17.9 Å². The number of aryl methyl sites for hydroxylation is 3. The summed E-state index contributed by atoms with van der Waals surface area (Å²) in [4.78, 5) is 12.7. The van der Waals surface area contributed by atoms with Gasteiger partial charge in [0, 0.05) is 5.69 Å². The molecule has 0 aliphatic carbocycles. The Morgan fingerprint density at radius 2 is 1.69 bits per heavy atom. The average Bonchev–Trinajstić information content (AvgIpc) is 2.76. The van der Waals surface area contributed by atoms with Crippen molar-refractivity contribution in [3.05, 3.63) is 83.4 Å². The van der Waals surface area contributed by atoms with Gasteiger partial charge < -0.3 is 10.1 Å². The van der Waals surface area contributed by atoms with E-state index in [0.29, 0.717) is 17.1 Å². The molecule has 32 heavy (non-hydrogen) atoms. The summed E-state index contributed by atoms with van der Waals surface area (Å²) in [5.41, 5.74) is 3.85. The van der Waals surface area contributed by atoms with Crippen LogP contribution in [0, 0.1) is 13.8 Å². The lowest BCUT2D eigenvalue weighted by Gasteiger charge is -2.17. The predicted octanol–water partition coefficient (Wildman–Crippen LogP) is 5.07. The fourth-order valence-corrected chi connectivity index (χ4v) is 4.29. The molecule has 0 fully saturated rings. The van der Waals surface area contributed by atoms with Gasteiger partial charge in [0.05, 0.1) is 10.6 Å². The molecule has 1 amide bonds. The molecule has 6 nitrogen and oxygen atoms in total. The number of ether oxygens (including phenoxy) is 1. The number of amides is 1. The molecule has 1 atom stereocenters. The molecule has 0 aromatic heterocycles. The van der Waals surface area contributed by atoms with E-state index in [9.17, 15) is 13.2 Å². The summed E-state index contributed by atoms with van der Waals surface area (Å²) in [5.74, 6) is 0.358. The first-order valence-corrected chi connectivity index (χ1v) is 11.9. The number of hydrogen-bond donors (Lipinski definition) is 2. The van der Waals surface area contributed by atoms with Gasteiger partial charge in [0.15, 0.2) is 6.10 Å². The molecule has 7 heteroatoms. The SMILES string of the molecule is CCc1ccccc1O[C@@H](C)C(=O)Nc1ccc(S(=O)(=O)Nc2cc(C)ccc2C)cc1. The Bertz CT molecular complexity index is 1200. The first-order valence-electron chi connectivity index (χ1n) is 10.4. The lowest BCUT2D eigenvalue weighted by molar-refractivity contribution is -0.122. The third-order valence-electron chi connectivity index (χ3n) is 5.10. The van der Waals surface area contributed by atoms with Crippen molar-refractivity contribution in [2.75, 3.05) is 10.0 Å². The number of anilines is 2. The van der Waals surface area contributed by atoms with Crippen molar-refractivity contribution >= 4 is 27.3 Å². The molecule has 3 aromatic rings. The van der Waals surface area contributed by atoms with Gasteiger partial charge in [-0.1, -0.05) is 37.3 Å². The predicted molar refractivity (Wildman–Crippen MR) is 128 cm³/mol. The molecule has 2 N–H and O–H groups in total. The zero-order valence-electron chi connectivity index (χ0n) is 18.7. The lowest BCUT2D eigenvalue weighted by Crippen LogP contribution is -2.30. The first-order chi connectivity index (χ1) is 15.2. The Hall–Kier alpha value is -3.32. The maximum Gasteiger partial charge on any atom is 0.265 e. The highest BCUT2D eigenvalue weighted by atomic mass is 32.2. The van der Waals surface area contributed by atoms with Crippen molar-refractivity contribution in [1.29, 1.82) is 0 Å². The van der Waals surface area contributed by atoms with Gasteiger partial charge in [-0.25, -0.2) is 8.42 Å². The van der Waals surface area contributed by atoms with Gasteiger partial charge in [0.2, 0.25) is 0 Å². The van der Waals surface area contributed by atoms with Gasteiger partial charge in [-0.3, -0.25) is 9.52 Å². The highest BCUT2D eigenvalue weighted by Gasteiger charge is 2.18. The van der Waals surface area contributed by atoms with Crippen LogP contribution in [-0.4, -0.2) is 20.4 Å². The number of hydrogen-bond acceptors (Lipinski definition) is 4. The van der Waals surface area contributed by atoms with E-state index < -0.39 is 16.1 Å². The minimum absolute atomic E-state index is 0.109. The zero-order valence-corrected chi connectivity index (χ0v) is 19.5. The minimum atomic E-state index is -3.75. The summed E-state index contributed by atoms with van der Waals surface area (Å²) >= 11 is 0. The van der Waals surface area contributed by atoms with Crippen LogP contribution in [0.1, 0.15) is 30.5 Å². The largest absolute Gasteiger partial charge is 0.481 e. The number of sulfonamides is 1. The quantitative estimate of drug-likeness (QED) is 0.500. The van der Waals surface area contributed by atoms with E-state index in [1.807, 2.05) is 57.2 Å². The Labute approximate surface area is 189 Å². The molecule has 0 radical (unpaired) electrons. The number of nitrogens with one attached hydrogen (secondary N) is 2. The first kappa shape index (κ1) is 23.3. The Morgan fingerprint density at radius 3 is 2.38 bits per heavy atom. The average molecular weight is 453 g/mol. The molecule has 0 aliphatic rings. The number of carbonyl (C=O) groups excluding carboxylic acids is 1. The number of benzene rings is 3. The molecule has 0 saturated carbocycles. The fraction of sp³-hybridized carbons (Fsp3) is 0.240. The highest BCUT2D eigenvalue weighted by molar-refractivity contribution is 7.92. The maximum absolute atomic E-state index is 12.8. The van der Waals surface area contributed by atoms with Crippen LogP contribution in [0.15, 0.2) is 71.6 Å². The molecule has 3 aromatic carbocycles. The van der Waals surface area contributed by atoms with Crippen LogP contribution in [-0.2, 0) is 21.2 Å². The molecule has 0 saturated heterocycles. The van der Waals surface area contributed by atoms with Crippen LogP contribution in [0.5, 0.6) is 5.75 Å². The fourth-order valence-electron chi connectivity index (χ4n) is 3.17. The monoisotopic (exact) mass is 452 g/mol. The Balaban J connectivity index is 1.67. The van der Waals surface area contributed by atoms with Crippen LogP contribution in [0.25, 0.3) is 0 Å². The van der Waals surface area contributed by atoms with E-state index in [-0.39, 0.29) is 10.8 Å². The van der Waals surface area contributed by atoms with Crippen LogP contribution >= 0.6 is 0 Å². The molecular weight excluding hydrogens is 424 g/mol. The molecular formula is C25H28N2O4S. The summed E-state index contributed by atoms with van der Waals surface area (Å²) < 4.78 is 33.9. The van der Waals surface area contributed by atoms with E-state index in [1.165, 1.54) is 12.1 Å². The van der Waals surface area contributed by atoms with E-state index in [1.54, 1.807) is 25.1 Å². The second kappa shape index (κ2) is 9.87. The summed E-state index contributed by atoms with van der Waals surface area (Å²) in [6.45, 7) is 7.45. The van der Waals surface area contributed by atoms with E-state index in [2.05, 4.69) is 10.0 Å². The van der Waals surface area contributed by atoms with Gasteiger partial charge >= 0.3 is 0 Å². The molecule has 168 valence electrons. The van der Waals surface area contributed by atoms with Crippen molar-refractivity contribution in [3.63, 3.8) is 0 Å². The Morgan fingerprint density at radius 1 is 1.00 bits per heavy atom. The minimum Gasteiger partial charge on any atom is -0.481 e. The Kier molecular flexibility index (Phi) is 7.20. The smallest absolute Gasteiger partial charge is 0.265 e. The molecule has 0 bridgehead atoms. The maximum atomic E-state index is 12.8. The number of rotatable bonds is 8. The van der Waals surface area contributed by atoms with Crippen LogP contribution in [0.2, 0.25) is 0 Å². The molecule has 0 spiro atoms. The van der Waals surface area contributed by atoms with Crippen molar-refractivity contribution in [2.45, 2.75) is 45.1 Å². The van der Waals surface area contributed by atoms with Gasteiger partial charge in [0.25, 0.3) is 15.9 Å². The van der Waals surface area contributed by atoms with Gasteiger partial charge in [-0.15, -0.1) is 0 Å². The van der Waals surface area contributed by atoms with Crippen LogP contribution in [0.4, 0.5) is 11.4 Å². The topological polar surface area (TPSA) is 84.5 Å². The summed E-state index contributed by atoms with van der Waals surface area (Å²) in [6, 6.07) is 19.2. The van der Waals surface area contributed by atoms with E-state index in [4.69, 9.17) is 4.74 Å². The summed E-state index contributed by atoms with van der Waals surface area (Å²) in [5, 5.41) is 2.77. The standard InChI is InChI=1S/C25H28N2O4S/c1-5-20-8-6-7-9-24(20)31-19(4)25(28)26-21-12-14-22(15-13-21)32(29,30)27-23-16-17(2)10-11-18(23)3/h6-16,19,27H,5H2,1-4H3,(H,26,28)/t19-/m0/s1. The zero-order chi connectivity index (χ0) is 23.3. The second-order valence-corrected chi connectivity index (χ2v) is 9.34. The third-order valence-corrected chi connectivity index (χ3v) is 6.48. The molecule has 3 rings (SSSR count). The molecule has 0 unspecified atom stereocenters. The highest BCUT2D eigenvalue weighted by Crippen LogP contribution is 2.23. The third kappa shape index (κ3) is 5.68. The molecule has 0 aliphatic heterocycles. The number of para-hydroxylation sites is 1. The van der Waals surface area contributed by atoms with Crippen molar-refractivity contribution in [3.8, 4) is 5.75 Å². The normalized spacial score (nSPS) is 12.1. The van der Waals surface area contributed by atoms with Crippen molar-refractivity contribution in [1.82, 2.24) is 0 Å². The van der Waals surface area contributed by atoms with Crippen molar-refractivity contribution in [2.24, 2.45) is 0 Å². The van der Waals surface area contributed by atoms with Gasteiger partial charge in [-0.05, 0) is 80.3 Å². The van der Waals surface area contributed by atoms with E-state index in [0.717, 1.165) is 23.1 Å².